The van der Waals surface area contributed by atoms with Crippen molar-refractivity contribution in [1.82, 2.24) is 44.6 Å². The van der Waals surface area contributed by atoms with Crippen LogP contribution in [0.15, 0.2) is 18.2 Å². The predicted octanol–water partition coefficient (Wildman–Crippen LogP) is 1.00. The van der Waals surface area contributed by atoms with E-state index in [1.54, 1.807) is 11.6 Å². The average molecular weight is 451 g/mol. The van der Waals surface area contributed by atoms with Gasteiger partial charge in [0.25, 0.3) is 5.91 Å². The lowest BCUT2D eigenvalue weighted by Crippen LogP contribution is -2.42. The first-order chi connectivity index (χ1) is 15.7. The number of nitrogens with one attached hydrogen (secondary N) is 1. The van der Waals surface area contributed by atoms with Gasteiger partial charge < -0.3 is 20.4 Å². The molecule has 1 amide bonds. The van der Waals surface area contributed by atoms with E-state index >= 15 is 0 Å². The number of anilines is 1. The van der Waals surface area contributed by atoms with Gasteiger partial charge in [-0.05, 0) is 32.9 Å². The molecule has 0 spiro atoms. The molecule has 12 nitrogen and oxygen atoms in total. The Morgan fingerprint density at radius 2 is 2.03 bits per heavy atom. The van der Waals surface area contributed by atoms with E-state index in [2.05, 4.69) is 30.5 Å². The maximum Gasteiger partial charge on any atom is 0.289 e. The Bertz CT molecular complexity index is 1370. The maximum atomic E-state index is 12.6. The van der Waals surface area contributed by atoms with Gasteiger partial charge in [-0.25, -0.2) is 9.97 Å². The number of hydrogen-bond donors (Lipinski definition) is 2. The van der Waals surface area contributed by atoms with Crippen LogP contribution < -0.4 is 15.8 Å². The number of para-hydroxylation sites is 1. The Morgan fingerprint density at radius 3 is 2.79 bits per heavy atom. The lowest BCUT2D eigenvalue weighted by atomic mass is 10.1. The van der Waals surface area contributed by atoms with Gasteiger partial charge in [-0.2, -0.15) is 4.52 Å². The van der Waals surface area contributed by atoms with Gasteiger partial charge >= 0.3 is 0 Å². The SMILES string of the molecule is COc1cccc2c1nc(N)n1nc(CN3CCn4c(nnc4C(=O)NC(C)(C)C)C3)nc21. The molecule has 0 saturated heterocycles. The van der Waals surface area contributed by atoms with E-state index in [1.807, 2.05) is 43.5 Å². The number of nitrogens with zero attached hydrogens (tertiary/aromatic N) is 8. The Labute approximate surface area is 189 Å². The van der Waals surface area contributed by atoms with Crippen molar-refractivity contribution >= 4 is 28.4 Å². The number of carbonyl (C=O) groups excluding carboxylic acids is 1. The zero-order valence-electron chi connectivity index (χ0n) is 19.0. The molecule has 4 heterocycles. The second-order valence-electron chi connectivity index (χ2n) is 9.10. The molecular weight excluding hydrogens is 424 g/mol. The minimum Gasteiger partial charge on any atom is -0.494 e. The monoisotopic (exact) mass is 450 g/mol. The van der Waals surface area contributed by atoms with E-state index in [4.69, 9.17) is 15.5 Å². The highest BCUT2D eigenvalue weighted by atomic mass is 16.5. The van der Waals surface area contributed by atoms with Gasteiger partial charge in [-0.3, -0.25) is 9.69 Å². The van der Waals surface area contributed by atoms with E-state index in [0.717, 1.165) is 11.2 Å². The molecule has 0 bridgehead atoms. The lowest BCUT2D eigenvalue weighted by Gasteiger charge is -2.27. The molecule has 0 aliphatic carbocycles. The van der Waals surface area contributed by atoms with Crippen molar-refractivity contribution in [1.29, 1.82) is 0 Å². The number of carbonyl (C=O) groups is 1. The van der Waals surface area contributed by atoms with Crippen LogP contribution >= 0.6 is 0 Å². The van der Waals surface area contributed by atoms with Crippen molar-refractivity contribution in [2.75, 3.05) is 19.4 Å². The number of hydrogen-bond acceptors (Lipinski definition) is 9. The summed E-state index contributed by atoms with van der Waals surface area (Å²) in [6, 6.07) is 5.65. The summed E-state index contributed by atoms with van der Waals surface area (Å²) in [4.78, 5) is 23.9. The third kappa shape index (κ3) is 3.82. The Morgan fingerprint density at radius 1 is 1.21 bits per heavy atom. The second kappa shape index (κ2) is 7.66. The molecule has 3 N–H and O–H groups in total. The molecule has 0 saturated carbocycles. The van der Waals surface area contributed by atoms with E-state index < -0.39 is 0 Å². The first kappa shape index (κ1) is 21.1. The minimum absolute atomic E-state index is 0.220. The smallest absolute Gasteiger partial charge is 0.289 e. The summed E-state index contributed by atoms with van der Waals surface area (Å²) < 4.78 is 8.84. The molecule has 0 unspecified atom stereocenters. The van der Waals surface area contributed by atoms with E-state index in [0.29, 0.717) is 54.7 Å². The number of rotatable bonds is 4. The molecule has 12 heteroatoms. The largest absolute Gasteiger partial charge is 0.494 e. The van der Waals surface area contributed by atoms with Crippen LogP contribution in [0.5, 0.6) is 5.75 Å². The van der Waals surface area contributed by atoms with E-state index in [9.17, 15) is 4.79 Å². The van der Waals surface area contributed by atoms with Gasteiger partial charge in [0.15, 0.2) is 11.5 Å². The Hall–Kier alpha value is -3.80. The molecule has 172 valence electrons. The molecule has 5 rings (SSSR count). The Balaban J connectivity index is 1.39. The number of benzene rings is 1. The van der Waals surface area contributed by atoms with E-state index in [-0.39, 0.29) is 17.4 Å². The number of ether oxygens (including phenoxy) is 1. The van der Waals surface area contributed by atoms with Gasteiger partial charge in [0.05, 0.1) is 20.2 Å². The number of methoxy groups -OCH3 is 1. The minimum atomic E-state index is -0.343. The number of amides is 1. The van der Waals surface area contributed by atoms with Gasteiger partial charge in [0, 0.05) is 24.0 Å². The fraction of sp³-hybridized carbons (Fsp3) is 0.429. The standard InChI is InChI=1S/C21H26N10O2/c1-21(2,3)25-19(32)18-27-26-15-11-29(8-9-30(15)18)10-14-23-17-12-6-5-7-13(33-4)16(12)24-20(22)31(17)28-14/h5-7H,8-11H2,1-4H3,(H2,22,24)(H,25,32). The molecular formula is C21H26N10O2. The average Bonchev–Trinajstić information content (AvgIpc) is 3.37. The predicted molar refractivity (Wildman–Crippen MR) is 121 cm³/mol. The molecule has 4 aromatic rings. The second-order valence-corrected chi connectivity index (χ2v) is 9.10. The zero-order chi connectivity index (χ0) is 23.3. The van der Waals surface area contributed by atoms with Crippen molar-refractivity contribution in [2.24, 2.45) is 0 Å². The summed E-state index contributed by atoms with van der Waals surface area (Å²) in [6.07, 6.45) is 0. The molecule has 0 fully saturated rings. The number of nitrogens with two attached hydrogens (primary N) is 1. The number of aromatic nitrogens is 7. The lowest BCUT2D eigenvalue weighted by molar-refractivity contribution is 0.0899. The molecule has 3 aromatic heterocycles. The summed E-state index contributed by atoms with van der Waals surface area (Å²) in [5.74, 6) is 2.35. The van der Waals surface area contributed by atoms with Gasteiger partial charge in [0.1, 0.15) is 17.1 Å². The van der Waals surface area contributed by atoms with E-state index in [1.165, 1.54) is 0 Å². The van der Waals surface area contributed by atoms with Crippen molar-refractivity contribution in [3.8, 4) is 5.75 Å². The van der Waals surface area contributed by atoms with Crippen molar-refractivity contribution in [2.45, 2.75) is 45.9 Å². The topological polar surface area (TPSA) is 141 Å². The van der Waals surface area contributed by atoms with Crippen LogP contribution in [-0.2, 0) is 19.6 Å². The highest BCUT2D eigenvalue weighted by Crippen LogP contribution is 2.27. The molecule has 1 aromatic carbocycles. The van der Waals surface area contributed by atoms with Crippen LogP contribution in [-0.4, -0.2) is 64.3 Å². The molecule has 1 aliphatic rings. The maximum absolute atomic E-state index is 12.6. The van der Waals surface area contributed by atoms with Crippen molar-refractivity contribution in [3.05, 3.63) is 35.7 Å². The summed E-state index contributed by atoms with van der Waals surface area (Å²) >= 11 is 0. The van der Waals surface area contributed by atoms with Gasteiger partial charge in [0.2, 0.25) is 11.8 Å². The van der Waals surface area contributed by atoms with Crippen molar-refractivity contribution in [3.63, 3.8) is 0 Å². The van der Waals surface area contributed by atoms with Crippen LogP contribution in [0.3, 0.4) is 0 Å². The van der Waals surface area contributed by atoms with Crippen molar-refractivity contribution < 1.29 is 9.53 Å². The van der Waals surface area contributed by atoms with Crippen LogP contribution in [0, 0.1) is 0 Å². The summed E-state index contributed by atoms with van der Waals surface area (Å²) in [5, 5.41) is 16.7. The third-order valence-corrected chi connectivity index (χ3v) is 5.44. The van der Waals surface area contributed by atoms with Crippen LogP contribution in [0.1, 0.15) is 43.0 Å². The molecule has 0 radical (unpaired) electrons. The fourth-order valence-electron chi connectivity index (χ4n) is 4.01. The first-order valence-electron chi connectivity index (χ1n) is 10.7. The van der Waals surface area contributed by atoms with Crippen LogP contribution in [0.2, 0.25) is 0 Å². The molecule has 1 aliphatic heterocycles. The number of nitrogen functional groups attached to an aromatic ring is 1. The molecule has 0 atom stereocenters. The highest BCUT2D eigenvalue weighted by Gasteiger charge is 2.27. The Kier molecular flexibility index (Phi) is 4.89. The third-order valence-electron chi connectivity index (χ3n) is 5.44. The highest BCUT2D eigenvalue weighted by molar-refractivity contribution is 5.95. The zero-order valence-corrected chi connectivity index (χ0v) is 19.0. The fourth-order valence-corrected chi connectivity index (χ4v) is 4.01. The van der Waals surface area contributed by atoms with Gasteiger partial charge in [-0.1, -0.05) is 6.07 Å². The summed E-state index contributed by atoms with van der Waals surface area (Å²) in [7, 11) is 1.60. The van der Waals surface area contributed by atoms with Gasteiger partial charge in [-0.15, -0.1) is 15.3 Å². The first-order valence-corrected chi connectivity index (χ1v) is 10.7. The normalized spacial score (nSPS) is 14.5. The van der Waals surface area contributed by atoms with Crippen LogP contribution in [0.25, 0.3) is 16.6 Å². The quantitative estimate of drug-likeness (QED) is 0.466. The van der Waals surface area contributed by atoms with Crippen LogP contribution in [0.4, 0.5) is 5.95 Å². The molecule has 33 heavy (non-hydrogen) atoms. The number of fused-ring (bicyclic) bond motifs is 4. The summed E-state index contributed by atoms with van der Waals surface area (Å²) in [5.41, 5.74) is 7.09. The summed E-state index contributed by atoms with van der Waals surface area (Å²) in [6.45, 7) is 8.15.